The number of hydrogen-bond donors (Lipinski definition) is 0. The number of alkyl halides is 3. The number of halogens is 3. The lowest BCUT2D eigenvalue weighted by molar-refractivity contribution is -0.191. The van der Waals surface area contributed by atoms with E-state index in [9.17, 15) is 47.2 Å². The number of carbonyl (C=O) groups is 6. The third kappa shape index (κ3) is 6.77. The Kier molecular flexibility index (Phi) is 11.0. The molecule has 6 atom stereocenters. The highest BCUT2D eigenvalue weighted by atomic mass is 19.4. The van der Waals surface area contributed by atoms with Gasteiger partial charge in [0.2, 0.25) is 18.6 Å². The molecule has 310 valence electrons. The van der Waals surface area contributed by atoms with Crippen molar-refractivity contribution in [2.75, 3.05) is 27.5 Å². The first-order valence-electron chi connectivity index (χ1n) is 18.3. The number of methoxy groups -OCH3 is 1. The van der Waals surface area contributed by atoms with Gasteiger partial charge in [-0.2, -0.15) is 18.4 Å². The van der Waals surface area contributed by atoms with Gasteiger partial charge in [0, 0.05) is 68.6 Å². The van der Waals surface area contributed by atoms with E-state index in [1.165, 1.54) is 21.0 Å². The van der Waals surface area contributed by atoms with Crippen molar-refractivity contribution in [2.45, 2.75) is 104 Å². The van der Waals surface area contributed by atoms with Crippen LogP contribution in [0.4, 0.5) is 13.2 Å². The third-order valence-corrected chi connectivity index (χ3v) is 11.3. The molecule has 1 saturated heterocycles. The van der Waals surface area contributed by atoms with Gasteiger partial charge in [0.25, 0.3) is 5.91 Å². The Bertz CT molecular complexity index is 2190. The van der Waals surface area contributed by atoms with Crippen LogP contribution in [0.5, 0.6) is 28.7 Å². The topological polar surface area (TPSA) is 185 Å². The van der Waals surface area contributed by atoms with Crippen LogP contribution in [0.1, 0.15) is 80.1 Å². The van der Waals surface area contributed by atoms with E-state index >= 15 is 0 Å². The van der Waals surface area contributed by atoms with E-state index in [0.29, 0.717) is 39.8 Å². The van der Waals surface area contributed by atoms with Crippen molar-refractivity contribution in [2.24, 2.45) is 0 Å². The van der Waals surface area contributed by atoms with Crippen LogP contribution in [0.3, 0.4) is 0 Å². The number of imide groups is 2. The summed E-state index contributed by atoms with van der Waals surface area (Å²) >= 11 is 0. The number of benzene rings is 2. The number of carbonyl (C=O) groups excluding carboxylic acids is 6. The summed E-state index contributed by atoms with van der Waals surface area (Å²) in [5.74, 6) is -6.63. The largest absolute Gasteiger partial charge is 0.493 e. The molecule has 1 unspecified atom stereocenters. The average Bonchev–Trinajstić information content (AvgIpc) is 3.61. The average molecular weight is 814 g/mol. The minimum Gasteiger partial charge on any atom is -0.493 e. The van der Waals surface area contributed by atoms with E-state index in [4.69, 9.17) is 23.7 Å². The molecule has 0 aromatic heterocycles. The number of ether oxygens (including phenoxy) is 5. The predicted molar refractivity (Wildman–Crippen MR) is 193 cm³/mol. The van der Waals surface area contributed by atoms with E-state index in [1.807, 2.05) is 18.0 Å². The Morgan fingerprint density at radius 3 is 2.10 bits per heavy atom. The van der Waals surface area contributed by atoms with E-state index < -0.39 is 84.5 Å². The van der Waals surface area contributed by atoms with Crippen LogP contribution in [0.25, 0.3) is 0 Å². The Morgan fingerprint density at radius 1 is 0.931 bits per heavy atom. The van der Waals surface area contributed by atoms with Gasteiger partial charge in [-0.3, -0.25) is 48.4 Å². The Hall–Kier alpha value is -5.74. The summed E-state index contributed by atoms with van der Waals surface area (Å²) in [4.78, 5) is 82.1. The van der Waals surface area contributed by atoms with Gasteiger partial charge in [0.1, 0.15) is 17.8 Å². The van der Waals surface area contributed by atoms with Gasteiger partial charge in [-0.25, -0.2) is 0 Å². The Balaban J connectivity index is 1.62. The Morgan fingerprint density at radius 2 is 1.55 bits per heavy atom. The molecule has 19 heteroatoms. The number of esters is 2. The molecule has 16 nitrogen and oxygen atoms in total. The lowest BCUT2D eigenvalue weighted by Crippen LogP contribution is -2.69. The molecule has 0 aliphatic carbocycles. The summed E-state index contributed by atoms with van der Waals surface area (Å²) < 4.78 is 70.3. The molecule has 0 spiro atoms. The molecule has 4 amide bonds. The van der Waals surface area contributed by atoms with Crippen LogP contribution >= 0.6 is 0 Å². The van der Waals surface area contributed by atoms with Gasteiger partial charge in [-0.1, -0.05) is 6.07 Å². The molecule has 6 rings (SSSR count). The van der Waals surface area contributed by atoms with Crippen LogP contribution in [-0.4, -0.2) is 113 Å². The zero-order chi connectivity index (χ0) is 42.9. The van der Waals surface area contributed by atoms with E-state index in [2.05, 4.69) is 6.07 Å². The van der Waals surface area contributed by atoms with Crippen molar-refractivity contribution in [3.05, 3.63) is 39.4 Å². The number of aryl methyl sites for hydroxylation is 1. The SMILES string of the molecule is COc1c(C)cc2c(c1OC(C)=O)[C@@H]1C3Cc4c(OC(C)=O)c(C)c5c(c4[C@H](CN(C(C)=O)C(=O)[C@@H](C)N(C(C)=O)C(=O)C(F)(F)F)N3[C@@H](C#N)[C@H](C2)N1C)OCO5. The van der Waals surface area contributed by atoms with Gasteiger partial charge < -0.3 is 23.7 Å². The zero-order valence-corrected chi connectivity index (χ0v) is 33.2. The molecule has 0 radical (unpaired) electrons. The molecular formula is C39H42F3N5O11. The first kappa shape index (κ1) is 41.9. The molecule has 4 aliphatic heterocycles. The fourth-order valence-electron chi connectivity index (χ4n) is 9.12. The van der Waals surface area contributed by atoms with Gasteiger partial charge in [0.05, 0.1) is 25.3 Å². The molecule has 2 aromatic carbocycles. The molecule has 0 saturated carbocycles. The quantitative estimate of drug-likeness (QED) is 0.293. The van der Waals surface area contributed by atoms with Crippen molar-refractivity contribution >= 4 is 35.6 Å². The van der Waals surface area contributed by atoms with Crippen LogP contribution < -0.4 is 23.7 Å². The molecule has 2 bridgehead atoms. The first-order chi connectivity index (χ1) is 27.2. The van der Waals surface area contributed by atoms with E-state index in [1.54, 1.807) is 18.7 Å². The van der Waals surface area contributed by atoms with Crippen molar-refractivity contribution in [1.29, 1.82) is 5.26 Å². The number of fused-ring (bicyclic) bond motifs is 9. The standard InChI is InChI=1S/C39H42F3N5O11/c1-16-10-23-11-25-27(13-43)47-26(31(44(25)8)29(23)36(32(16)54-9)58-22(7)51)12-24-30(35-34(55-15-56-35)17(2)33(24)57-21(6)50)28(47)14-45(19(4)48)37(52)18(3)46(20(5)49)38(53)39(40,41)42/h10,18,25-28,31H,11-12,14-15H2,1-9H3/t18-,25+,26?,27+,28+,31+/m1/s1. The minimum absolute atomic E-state index is 0.0591. The van der Waals surface area contributed by atoms with Crippen LogP contribution in [0, 0.1) is 25.2 Å². The highest BCUT2D eigenvalue weighted by molar-refractivity contribution is 6.04. The minimum atomic E-state index is -5.53. The maximum absolute atomic E-state index is 14.2. The zero-order valence-electron chi connectivity index (χ0n) is 33.2. The fourth-order valence-corrected chi connectivity index (χ4v) is 9.12. The highest BCUT2D eigenvalue weighted by Crippen LogP contribution is 2.58. The van der Waals surface area contributed by atoms with Crippen molar-refractivity contribution in [1.82, 2.24) is 19.6 Å². The lowest BCUT2D eigenvalue weighted by atomic mass is 9.71. The maximum Gasteiger partial charge on any atom is 0.471 e. The molecule has 1 fully saturated rings. The van der Waals surface area contributed by atoms with Gasteiger partial charge >= 0.3 is 24.0 Å². The molecule has 4 heterocycles. The van der Waals surface area contributed by atoms with E-state index in [-0.39, 0.29) is 53.1 Å². The van der Waals surface area contributed by atoms with Crippen LogP contribution in [-0.2, 0) is 41.6 Å². The van der Waals surface area contributed by atoms with Crippen molar-refractivity contribution in [3.8, 4) is 34.8 Å². The summed E-state index contributed by atoms with van der Waals surface area (Å²) in [6.07, 6.45) is -5.20. The summed E-state index contributed by atoms with van der Waals surface area (Å²) in [7, 11) is 3.25. The summed E-state index contributed by atoms with van der Waals surface area (Å²) in [6.45, 7) is 7.58. The second kappa shape index (κ2) is 15.2. The molecule has 58 heavy (non-hydrogen) atoms. The smallest absolute Gasteiger partial charge is 0.471 e. The van der Waals surface area contributed by atoms with Crippen LogP contribution in [0.2, 0.25) is 0 Å². The summed E-state index contributed by atoms with van der Waals surface area (Å²) in [6, 6.07) is -1.98. The van der Waals surface area contributed by atoms with Gasteiger partial charge in [-0.15, -0.1) is 0 Å². The number of rotatable bonds is 7. The normalized spacial score (nSPS) is 22.3. The second-order valence-corrected chi connectivity index (χ2v) is 14.8. The number of piperazine rings is 1. The number of nitrogens with zero attached hydrogens (tertiary/aromatic N) is 5. The first-order valence-corrected chi connectivity index (χ1v) is 18.3. The van der Waals surface area contributed by atoms with Crippen molar-refractivity contribution < 1.29 is 65.6 Å². The van der Waals surface area contributed by atoms with Crippen LogP contribution in [0.15, 0.2) is 6.07 Å². The number of amides is 4. The predicted octanol–water partition coefficient (Wildman–Crippen LogP) is 3.36. The lowest BCUT2D eigenvalue weighted by Gasteiger charge is -2.60. The summed E-state index contributed by atoms with van der Waals surface area (Å²) in [5, 5.41) is 11.0. The monoisotopic (exact) mass is 813 g/mol. The molecule has 0 N–H and O–H groups in total. The Labute approximate surface area is 331 Å². The second-order valence-electron chi connectivity index (χ2n) is 14.8. The van der Waals surface area contributed by atoms with Crippen molar-refractivity contribution in [3.63, 3.8) is 0 Å². The van der Waals surface area contributed by atoms with Gasteiger partial charge in [0.15, 0.2) is 23.0 Å². The third-order valence-electron chi connectivity index (χ3n) is 11.3. The maximum atomic E-state index is 14.2. The molecule has 2 aromatic rings. The van der Waals surface area contributed by atoms with Gasteiger partial charge in [-0.05, 0) is 51.8 Å². The highest BCUT2D eigenvalue weighted by Gasteiger charge is 2.58. The van der Waals surface area contributed by atoms with E-state index in [0.717, 1.165) is 19.4 Å². The number of likely N-dealkylation sites (N-methyl/N-ethyl adjacent to an activating group) is 1. The fraction of sp³-hybridized carbons (Fsp3) is 0.513. The summed E-state index contributed by atoms with van der Waals surface area (Å²) in [5.41, 5.74) is 3.11. The number of nitriles is 1. The molecule has 4 aliphatic rings. The molecular weight excluding hydrogens is 771 g/mol. The number of hydrogen-bond acceptors (Lipinski definition) is 14.